The highest BCUT2D eigenvalue weighted by molar-refractivity contribution is 8.00. The number of rotatable bonds is 4. The normalized spacial score (nSPS) is 18.2. The van der Waals surface area contributed by atoms with Crippen molar-refractivity contribution in [1.29, 1.82) is 0 Å². The zero-order valence-electron chi connectivity index (χ0n) is 15.5. The van der Waals surface area contributed by atoms with Gasteiger partial charge in [0.05, 0.1) is 6.04 Å². The summed E-state index contributed by atoms with van der Waals surface area (Å²) in [5.41, 5.74) is 6.27. The van der Waals surface area contributed by atoms with Crippen molar-refractivity contribution in [2.75, 3.05) is 10.7 Å². The molecule has 0 aliphatic carbocycles. The summed E-state index contributed by atoms with van der Waals surface area (Å²) in [4.78, 5) is 13.2. The Morgan fingerprint density at radius 1 is 1.25 bits per heavy atom. The van der Waals surface area contributed by atoms with Gasteiger partial charge in [0.2, 0.25) is 11.1 Å². The lowest BCUT2D eigenvalue weighted by atomic mass is 10.0. The lowest BCUT2D eigenvalue weighted by Gasteiger charge is -2.33. The van der Waals surface area contributed by atoms with Crippen molar-refractivity contribution >= 4 is 35.0 Å². The molecule has 0 radical (unpaired) electrons. The molecular formula is C20H20ClN5OS. The van der Waals surface area contributed by atoms with Gasteiger partial charge in [-0.25, -0.2) is 4.68 Å². The van der Waals surface area contributed by atoms with Crippen LogP contribution in [0.15, 0.2) is 53.7 Å². The molecule has 4 rings (SSSR count). The highest BCUT2D eigenvalue weighted by atomic mass is 35.5. The molecule has 0 unspecified atom stereocenters. The number of carbonyl (C=O) groups is 1. The van der Waals surface area contributed by atoms with E-state index in [0.717, 1.165) is 29.1 Å². The highest BCUT2D eigenvalue weighted by Gasteiger charge is 2.37. The third kappa shape index (κ3) is 3.72. The molecule has 1 amide bonds. The molecule has 28 heavy (non-hydrogen) atoms. The number of aryl methyl sites for hydroxylation is 2. The molecule has 6 nitrogen and oxygen atoms in total. The maximum atomic E-state index is 13.2. The number of thioether (sulfide) groups is 1. The lowest BCUT2D eigenvalue weighted by Crippen LogP contribution is -2.41. The van der Waals surface area contributed by atoms with E-state index in [9.17, 15) is 4.79 Å². The van der Waals surface area contributed by atoms with Crippen molar-refractivity contribution < 1.29 is 4.79 Å². The molecule has 0 fully saturated rings. The van der Waals surface area contributed by atoms with Crippen LogP contribution in [-0.2, 0) is 11.2 Å². The molecular weight excluding hydrogens is 394 g/mol. The van der Waals surface area contributed by atoms with Crippen LogP contribution >= 0.6 is 23.4 Å². The van der Waals surface area contributed by atoms with Crippen molar-refractivity contribution in [2.45, 2.75) is 36.7 Å². The first-order chi connectivity index (χ1) is 13.5. The molecule has 8 heteroatoms. The zero-order valence-corrected chi connectivity index (χ0v) is 17.1. The number of hydrogen-bond acceptors (Lipinski definition) is 5. The molecule has 1 aliphatic heterocycles. The summed E-state index contributed by atoms with van der Waals surface area (Å²) in [7, 11) is 0. The minimum Gasteiger partial charge on any atom is -0.325 e. The number of halogens is 1. The highest BCUT2D eigenvalue weighted by Crippen LogP contribution is 2.37. The minimum absolute atomic E-state index is 0.0876. The second-order valence-corrected chi connectivity index (χ2v) is 8.19. The number of fused-ring (bicyclic) bond motifs is 1. The fraction of sp³-hybridized carbons (Fsp3) is 0.250. The van der Waals surface area contributed by atoms with Crippen molar-refractivity contribution in [3.63, 3.8) is 0 Å². The maximum Gasteiger partial charge on any atom is 0.240 e. The number of aromatic nitrogens is 3. The maximum absolute atomic E-state index is 13.2. The van der Waals surface area contributed by atoms with Crippen molar-refractivity contribution in [2.24, 2.45) is 0 Å². The number of amides is 1. The summed E-state index contributed by atoms with van der Waals surface area (Å²) in [5, 5.41) is 12.4. The second kappa shape index (κ2) is 7.85. The third-order valence-electron chi connectivity index (χ3n) is 4.59. The summed E-state index contributed by atoms with van der Waals surface area (Å²) in [6, 6.07) is 15.1. The van der Waals surface area contributed by atoms with E-state index in [2.05, 4.69) is 20.9 Å². The Morgan fingerprint density at radius 2 is 2.04 bits per heavy atom. The van der Waals surface area contributed by atoms with Crippen LogP contribution in [0, 0.1) is 6.92 Å². The van der Waals surface area contributed by atoms with Gasteiger partial charge in [0.25, 0.3) is 0 Å². The van der Waals surface area contributed by atoms with Crippen LogP contribution in [0.5, 0.6) is 0 Å². The molecule has 1 aromatic heterocycles. The molecule has 0 saturated carbocycles. The molecule has 2 atom stereocenters. The van der Waals surface area contributed by atoms with Crippen LogP contribution in [0.4, 0.5) is 5.69 Å². The first-order valence-corrected chi connectivity index (χ1v) is 10.3. The van der Waals surface area contributed by atoms with Gasteiger partial charge in [0.1, 0.15) is 5.25 Å². The van der Waals surface area contributed by atoms with Crippen molar-refractivity contribution in [3.05, 3.63) is 70.5 Å². The van der Waals surface area contributed by atoms with E-state index >= 15 is 0 Å². The van der Waals surface area contributed by atoms with Gasteiger partial charge in [-0.1, -0.05) is 54.6 Å². The van der Waals surface area contributed by atoms with Crippen LogP contribution in [0.2, 0.25) is 5.02 Å². The van der Waals surface area contributed by atoms with E-state index in [4.69, 9.17) is 11.6 Å². The summed E-state index contributed by atoms with van der Waals surface area (Å²) in [5.74, 6) is 0.745. The first kappa shape index (κ1) is 18.8. The Kier molecular flexibility index (Phi) is 5.28. The predicted molar refractivity (Wildman–Crippen MR) is 112 cm³/mol. The predicted octanol–water partition coefficient (Wildman–Crippen LogP) is 4.20. The van der Waals surface area contributed by atoms with E-state index in [1.165, 1.54) is 11.8 Å². The van der Waals surface area contributed by atoms with E-state index in [1.807, 2.05) is 67.1 Å². The van der Waals surface area contributed by atoms with Gasteiger partial charge < -0.3 is 10.7 Å². The zero-order chi connectivity index (χ0) is 19.7. The van der Waals surface area contributed by atoms with Gasteiger partial charge in [-0.3, -0.25) is 4.79 Å². The Bertz CT molecular complexity index is 1000. The smallest absolute Gasteiger partial charge is 0.240 e. The van der Waals surface area contributed by atoms with E-state index in [1.54, 1.807) is 0 Å². The van der Waals surface area contributed by atoms with E-state index < -0.39 is 5.25 Å². The van der Waals surface area contributed by atoms with Crippen molar-refractivity contribution in [3.8, 4) is 0 Å². The minimum atomic E-state index is -0.414. The SMILES string of the molecule is CCc1nnc2n1N[C@@H](c1ccc(Cl)cc1)[C@H](C(=O)Nc1cccc(C)c1)S2. The molecule has 0 saturated heterocycles. The second-order valence-electron chi connectivity index (χ2n) is 6.64. The number of nitrogens with one attached hydrogen (secondary N) is 2. The first-order valence-electron chi connectivity index (χ1n) is 9.05. The number of hydrogen-bond donors (Lipinski definition) is 2. The Morgan fingerprint density at radius 3 is 2.75 bits per heavy atom. The van der Waals surface area contributed by atoms with Gasteiger partial charge in [0.15, 0.2) is 5.82 Å². The van der Waals surface area contributed by atoms with Crippen LogP contribution < -0.4 is 10.7 Å². The van der Waals surface area contributed by atoms with Crippen molar-refractivity contribution in [1.82, 2.24) is 14.9 Å². The van der Waals surface area contributed by atoms with Gasteiger partial charge in [-0.15, -0.1) is 10.2 Å². The monoisotopic (exact) mass is 413 g/mol. The molecule has 0 spiro atoms. The summed E-state index contributed by atoms with van der Waals surface area (Å²) < 4.78 is 1.88. The topological polar surface area (TPSA) is 71.8 Å². The Labute approximate surface area is 172 Å². The third-order valence-corrected chi connectivity index (χ3v) is 6.06. The lowest BCUT2D eigenvalue weighted by molar-refractivity contribution is -0.116. The fourth-order valence-electron chi connectivity index (χ4n) is 3.18. The molecule has 2 N–H and O–H groups in total. The van der Waals surface area contributed by atoms with Gasteiger partial charge >= 0.3 is 0 Å². The van der Waals surface area contributed by atoms with Crippen LogP contribution in [0.3, 0.4) is 0 Å². The fourth-order valence-corrected chi connectivity index (χ4v) is 4.41. The summed E-state index contributed by atoms with van der Waals surface area (Å²) in [6.45, 7) is 4.02. The number of benzene rings is 2. The van der Waals surface area contributed by atoms with Gasteiger partial charge in [-0.05, 0) is 42.3 Å². The van der Waals surface area contributed by atoms with Gasteiger partial charge in [0, 0.05) is 17.1 Å². The summed E-state index contributed by atoms with van der Waals surface area (Å²) in [6.07, 6.45) is 0.744. The molecule has 2 heterocycles. The molecule has 144 valence electrons. The summed E-state index contributed by atoms with van der Waals surface area (Å²) >= 11 is 7.47. The molecule has 2 aromatic carbocycles. The van der Waals surface area contributed by atoms with Gasteiger partial charge in [-0.2, -0.15) is 0 Å². The number of anilines is 1. The molecule has 0 bridgehead atoms. The number of nitrogens with zero attached hydrogens (tertiary/aromatic N) is 3. The average molecular weight is 414 g/mol. The molecule has 1 aliphatic rings. The largest absolute Gasteiger partial charge is 0.325 e. The van der Waals surface area contributed by atoms with Crippen LogP contribution in [0.1, 0.15) is 29.9 Å². The van der Waals surface area contributed by atoms with E-state index in [-0.39, 0.29) is 11.9 Å². The molecule has 3 aromatic rings. The Hall–Kier alpha value is -2.51. The number of carbonyl (C=O) groups excluding carboxylic acids is 1. The standard InChI is InChI=1S/C20H20ClN5OS/c1-3-16-23-24-20-26(16)25-17(13-7-9-14(21)10-8-13)18(28-20)19(27)22-15-6-4-5-12(2)11-15/h4-11,17-18,25H,3H2,1-2H3,(H,22,27)/t17-,18+/m0/s1. The average Bonchev–Trinajstić information content (AvgIpc) is 3.09. The van der Waals surface area contributed by atoms with Crippen LogP contribution in [0.25, 0.3) is 0 Å². The van der Waals surface area contributed by atoms with E-state index in [0.29, 0.717) is 10.2 Å². The Balaban J connectivity index is 1.67. The quantitative estimate of drug-likeness (QED) is 0.670. The van der Waals surface area contributed by atoms with Crippen LogP contribution in [-0.4, -0.2) is 26.0 Å².